The predicted octanol–water partition coefficient (Wildman–Crippen LogP) is 8.71. The molecule has 0 unspecified atom stereocenters. The van der Waals surface area contributed by atoms with Crippen molar-refractivity contribution in [3.05, 3.63) is 117 Å². The summed E-state index contributed by atoms with van der Waals surface area (Å²) in [5, 5.41) is 35.9. The van der Waals surface area contributed by atoms with E-state index in [4.69, 9.17) is 24.2 Å². The van der Waals surface area contributed by atoms with Gasteiger partial charge in [-0.05, 0) is 129 Å². The molecule has 59 heavy (non-hydrogen) atoms. The number of aliphatic hydroxyl groups is 2. The number of non-ortho nitro benzene ring substituents is 1. The monoisotopic (exact) mass is 807 g/mol. The summed E-state index contributed by atoms with van der Waals surface area (Å²) in [6.07, 6.45) is 10.6. The third kappa shape index (κ3) is 8.95. The molecule has 12 heteroatoms. The molecular formula is C47H57N3O9. The van der Waals surface area contributed by atoms with Crippen molar-refractivity contribution in [2.75, 3.05) is 26.9 Å². The Morgan fingerprint density at radius 2 is 1.71 bits per heavy atom. The Bertz CT molecular complexity index is 2060. The van der Waals surface area contributed by atoms with E-state index in [1.54, 1.807) is 23.1 Å². The largest absolute Gasteiger partial charge is 0.459 e. The van der Waals surface area contributed by atoms with E-state index in [0.29, 0.717) is 36.5 Å². The van der Waals surface area contributed by atoms with Crippen LogP contribution in [0.1, 0.15) is 86.0 Å². The van der Waals surface area contributed by atoms with Crippen LogP contribution in [0.25, 0.3) is 0 Å². The molecule has 2 N–H and O–H groups in total. The number of fused-ring (bicyclic) bond motifs is 2. The van der Waals surface area contributed by atoms with Gasteiger partial charge in [-0.1, -0.05) is 36.2 Å². The summed E-state index contributed by atoms with van der Waals surface area (Å²) in [5.74, 6) is 0.257. The van der Waals surface area contributed by atoms with Gasteiger partial charge in [-0.2, -0.15) is 0 Å². The Morgan fingerprint density at radius 1 is 1.00 bits per heavy atom. The van der Waals surface area contributed by atoms with E-state index in [1.165, 1.54) is 17.7 Å². The van der Waals surface area contributed by atoms with Crippen molar-refractivity contribution in [3.63, 3.8) is 0 Å². The van der Waals surface area contributed by atoms with Gasteiger partial charge in [0.05, 0.1) is 23.2 Å². The molecule has 1 aliphatic heterocycles. The number of hydrogen-bond donors (Lipinski definition) is 2. The summed E-state index contributed by atoms with van der Waals surface area (Å²) in [4.78, 5) is 32.8. The average Bonchev–Trinajstić information content (AvgIpc) is 4.09. The van der Waals surface area contributed by atoms with E-state index in [1.807, 2.05) is 31.3 Å². The molecule has 0 bridgehead atoms. The predicted molar refractivity (Wildman–Crippen MR) is 224 cm³/mol. The number of benzene rings is 3. The molecule has 7 rings (SSSR count). The summed E-state index contributed by atoms with van der Waals surface area (Å²) in [6, 6.07) is 17.6. The quantitative estimate of drug-likeness (QED) is 0.0524. The second-order valence-corrected chi connectivity index (χ2v) is 16.5. The number of carbonyl (C=O) groups excluding carboxylic acids is 1. The molecule has 3 aliphatic carbocycles. The van der Waals surface area contributed by atoms with E-state index in [0.717, 1.165) is 66.5 Å². The second-order valence-electron chi connectivity index (χ2n) is 16.5. The van der Waals surface area contributed by atoms with E-state index in [2.05, 4.69) is 38.6 Å². The molecule has 1 heterocycles. The van der Waals surface area contributed by atoms with Crippen molar-refractivity contribution in [3.8, 4) is 17.2 Å². The number of aliphatic hydroxyl groups excluding tert-OH is 2. The fourth-order valence-electron chi connectivity index (χ4n) is 9.38. The van der Waals surface area contributed by atoms with Crippen LogP contribution in [0.2, 0.25) is 0 Å². The summed E-state index contributed by atoms with van der Waals surface area (Å²) < 4.78 is 20.8. The highest BCUT2D eigenvalue weighted by Crippen LogP contribution is 2.62. The molecular weight excluding hydrogens is 751 g/mol. The highest BCUT2D eigenvalue weighted by Gasteiger charge is 2.65. The number of nitrogens with zero attached hydrogens (tertiary/aromatic N) is 3. The maximum absolute atomic E-state index is 14.1. The Kier molecular flexibility index (Phi) is 13.2. The Labute approximate surface area is 346 Å². The van der Waals surface area contributed by atoms with Crippen molar-refractivity contribution in [2.24, 2.45) is 28.8 Å². The molecule has 4 aliphatic rings. The van der Waals surface area contributed by atoms with Crippen LogP contribution in [0, 0.1) is 47.6 Å². The number of hydrogen-bond acceptors (Lipinski definition) is 10. The standard InChI is InChI=1S/C47H57N3O9/c1-5-24-56-47-43(49(4)46(53)33-15-16-33)28-41(48-57-29-32-13-17-35(18-14-32)50(54)55)39-26-34(10-6-8-22-51)38(11-7-9-23-52)44(45(39)47)40-27-37(20-21-42(40)59-47)58-36-19-12-30(2)31(3)25-36/h5,12-14,17-21,25-27,33-34,38,43-45,51-52H,1,6-11,15-16,22-24,28-29H2,2-4H3/t34-,38+,43-,44+,45+,47+/m0/s1. The minimum atomic E-state index is -1.32. The number of likely N-dealkylation sites (N-methyl/N-ethyl adjacent to an activating group) is 1. The highest BCUT2D eigenvalue weighted by atomic mass is 16.7. The van der Waals surface area contributed by atoms with E-state index in [-0.39, 0.29) is 61.7 Å². The molecule has 3 aromatic rings. The van der Waals surface area contributed by atoms with Gasteiger partial charge >= 0.3 is 0 Å². The third-order valence-corrected chi connectivity index (χ3v) is 12.7. The van der Waals surface area contributed by atoms with Crippen molar-refractivity contribution in [2.45, 2.75) is 96.0 Å². The summed E-state index contributed by atoms with van der Waals surface area (Å²) >= 11 is 0. The fourth-order valence-corrected chi connectivity index (χ4v) is 9.38. The zero-order valence-corrected chi connectivity index (χ0v) is 34.4. The zero-order chi connectivity index (χ0) is 41.7. The molecule has 2 saturated carbocycles. The van der Waals surface area contributed by atoms with Gasteiger partial charge in [0.15, 0.2) is 0 Å². The Hall–Kier alpha value is -5.04. The van der Waals surface area contributed by atoms with Crippen molar-refractivity contribution in [1.82, 2.24) is 4.90 Å². The second kappa shape index (κ2) is 18.5. The van der Waals surface area contributed by atoms with Gasteiger partial charge in [0, 0.05) is 56.2 Å². The maximum atomic E-state index is 14.1. The third-order valence-electron chi connectivity index (χ3n) is 12.7. The molecule has 0 aromatic heterocycles. The Morgan fingerprint density at radius 3 is 2.39 bits per heavy atom. The Balaban J connectivity index is 1.38. The first-order valence-electron chi connectivity index (χ1n) is 21.0. The van der Waals surface area contributed by atoms with E-state index in [9.17, 15) is 25.1 Å². The number of nitro benzene ring substituents is 1. The first-order valence-corrected chi connectivity index (χ1v) is 21.0. The lowest BCUT2D eigenvalue weighted by Gasteiger charge is -2.59. The zero-order valence-electron chi connectivity index (χ0n) is 34.4. The number of amides is 1. The highest BCUT2D eigenvalue weighted by molar-refractivity contribution is 6.03. The topological polar surface area (TPSA) is 153 Å². The normalized spacial score (nSPS) is 24.9. The summed E-state index contributed by atoms with van der Waals surface area (Å²) in [7, 11) is 1.84. The lowest BCUT2D eigenvalue weighted by molar-refractivity contribution is -0.384. The fraction of sp³-hybridized carbons (Fsp3) is 0.489. The molecule has 2 fully saturated rings. The van der Waals surface area contributed by atoms with Crippen molar-refractivity contribution in [1.29, 1.82) is 0 Å². The van der Waals surface area contributed by atoms with Gasteiger partial charge in [-0.25, -0.2) is 0 Å². The molecule has 12 nitrogen and oxygen atoms in total. The van der Waals surface area contributed by atoms with Gasteiger partial charge < -0.3 is 34.2 Å². The van der Waals surface area contributed by atoms with Crippen molar-refractivity contribution >= 4 is 17.3 Å². The number of ether oxygens (including phenoxy) is 3. The minimum Gasteiger partial charge on any atom is -0.459 e. The van der Waals surface area contributed by atoms with Gasteiger partial charge in [0.2, 0.25) is 11.7 Å². The molecule has 6 atom stereocenters. The first kappa shape index (κ1) is 42.1. The molecule has 0 spiro atoms. The van der Waals surface area contributed by atoms with Gasteiger partial charge in [0.1, 0.15) is 29.9 Å². The molecule has 3 aromatic carbocycles. The van der Waals surface area contributed by atoms with Gasteiger partial charge in [-0.15, -0.1) is 6.58 Å². The SMILES string of the molecule is C=CCO[C@@]12Oc3ccc(Oc4ccc(C)c(C)c4)cc3[C@H]3[C@H](CCCCO)[C@@H](CCCCO)C=C(C(=NOCc4ccc([N+](=O)[O-])cc4)C[C@@H]1N(C)C(=O)C1CC1)[C@H]32. The van der Waals surface area contributed by atoms with E-state index < -0.39 is 22.7 Å². The molecule has 314 valence electrons. The van der Waals surface area contributed by atoms with Crippen molar-refractivity contribution < 1.29 is 39.0 Å². The molecule has 1 amide bonds. The number of allylic oxidation sites excluding steroid dienone is 1. The lowest BCUT2D eigenvalue weighted by Crippen LogP contribution is -2.69. The molecule has 0 saturated heterocycles. The van der Waals surface area contributed by atoms with Crippen LogP contribution in [0.3, 0.4) is 0 Å². The minimum absolute atomic E-state index is 0.00582. The number of aryl methyl sites for hydroxylation is 2. The number of nitro groups is 1. The van der Waals surface area contributed by atoms with Crippen LogP contribution in [0.4, 0.5) is 5.69 Å². The maximum Gasteiger partial charge on any atom is 0.269 e. The van der Waals surface area contributed by atoms with Crippen LogP contribution in [0.5, 0.6) is 17.2 Å². The number of carbonyl (C=O) groups is 1. The summed E-state index contributed by atoms with van der Waals surface area (Å²) in [6.45, 7) is 8.60. The lowest BCUT2D eigenvalue weighted by atomic mass is 9.55. The average molecular weight is 808 g/mol. The van der Waals surface area contributed by atoms with Crippen LogP contribution in [-0.2, 0) is 21.0 Å². The smallest absolute Gasteiger partial charge is 0.269 e. The number of unbranched alkanes of at least 4 members (excludes halogenated alkanes) is 2. The van der Waals surface area contributed by atoms with Crippen LogP contribution in [-0.4, -0.2) is 70.4 Å². The van der Waals surface area contributed by atoms with E-state index >= 15 is 0 Å². The first-order chi connectivity index (χ1) is 28.6. The van der Waals surface area contributed by atoms with Crippen LogP contribution >= 0.6 is 0 Å². The summed E-state index contributed by atoms with van der Waals surface area (Å²) in [5.41, 5.74) is 5.63. The van der Waals surface area contributed by atoms with Gasteiger partial charge in [0.25, 0.3) is 5.69 Å². The van der Waals surface area contributed by atoms with Crippen LogP contribution in [0.15, 0.2) is 90.1 Å². The number of oxime groups is 1. The number of rotatable bonds is 19. The van der Waals surface area contributed by atoms with Gasteiger partial charge in [-0.3, -0.25) is 14.9 Å². The van der Waals surface area contributed by atoms with Crippen LogP contribution < -0.4 is 9.47 Å². The molecule has 0 radical (unpaired) electrons.